The van der Waals surface area contributed by atoms with Gasteiger partial charge in [-0.05, 0) is 40.6 Å². The number of imide groups is 1. The number of oxime groups is 1. The van der Waals surface area contributed by atoms with Crippen LogP contribution in [0.15, 0.2) is 71.9 Å². The van der Waals surface area contributed by atoms with E-state index in [4.69, 9.17) is 4.84 Å². The third-order valence-corrected chi connectivity index (χ3v) is 5.47. The standard InChI is InChI=1S/C22H15N3O5/c26-20-13-22(12-19(23-30-22)15-6-8-17(9-7-15)25(28)29)21(27)24(20)18-10-5-14-3-1-2-4-16(14)11-18/h1-11H,12-13H2. The summed E-state index contributed by atoms with van der Waals surface area (Å²) in [5, 5.41) is 16.8. The van der Waals surface area contributed by atoms with Gasteiger partial charge in [0.15, 0.2) is 0 Å². The molecule has 2 aliphatic rings. The van der Waals surface area contributed by atoms with E-state index < -0.39 is 16.4 Å². The van der Waals surface area contributed by atoms with Gasteiger partial charge in [-0.2, -0.15) is 0 Å². The normalized spacial score (nSPS) is 20.7. The molecular weight excluding hydrogens is 386 g/mol. The van der Waals surface area contributed by atoms with Crippen molar-refractivity contribution in [1.29, 1.82) is 0 Å². The minimum absolute atomic E-state index is 0.0393. The van der Waals surface area contributed by atoms with Gasteiger partial charge in [-0.3, -0.25) is 19.7 Å². The van der Waals surface area contributed by atoms with Crippen molar-refractivity contribution in [1.82, 2.24) is 0 Å². The molecule has 2 aliphatic heterocycles. The monoisotopic (exact) mass is 401 g/mol. The number of carbonyl (C=O) groups is 2. The molecule has 0 radical (unpaired) electrons. The molecule has 0 N–H and O–H groups in total. The van der Waals surface area contributed by atoms with Crippen LogP contribution in [0.3, 0.4) is 0 Å². The minimum atomic E-state index is -1.38. The molecule has 5 rings (SSSR count). The predicted octanol–water partition coefficient (Wildman–Crippen LogP) is 3.57. The Bertz CT molecular complexity index is 1250. The number of amides is 2. The third-order valence-electron chi connectivity index (χ3n) is 5.47. The minimum Gasteiger partial charge on any atom is -0.378 e. The van der Waals surface area contributed by atoms with E-state index in [0.29, 0.717) is 17.0 Å². The van der Waals surface area contributed by atoms with Crippen LogP contribution in [-0.4, -0.2) is 28.1 Å². The summed E-state index contributed by atoms with van der Waals surface area (Å²) in [6.07, 6.45) is 0.0120. The molecule has 2 heterocycles. The molecule has 1 unspecified atom stereocenters. The number of benzene rings is 3. The Morgan fingerprint density at radius 3 is 2.43 bits per heavy atom. The second-order valence-corrected chi connectivity index (χ2v) is 7.35. The van der Waals surface area contributed by atoms with Gasteiger partial charge in [0.1, 0.15) is 0 Å². The molecule has 0 aliphatic carbocycles. The average molecular weight is 401 g/mol. The van der Waals surface area contributed by atoms with Gasteiger partial charge < -0.3 is 4.84 Å². The Hall–Kier alpha value is -4.07. The summed E-state index contributed by atoms with van der Waals surface area (Å²) in [6.45, 7) is 0. The molecule has 2 amide bonds. The van der Waals surface area contributed by atoms with Gasteiger partial charge >= 0.3 is 0 Å². The van der Waals surface area contributed by atoms with Crippen molar-refractivity contribution < 1.29 is 19.3 Å². The average Bonchev–Trinajstić information content (AvgIpc) is 3.28. The Balaban J connectivity index is 1.42. The SMILES string of the molecule is O=C1CC2(CC(c3ccc([N+](=O)[O-])cc3)=NO2)C(=O)N1c1ccc2ccccc2c1. The number of hydrogen-bond donors (Lipinski definition) is 0. The van der Waals surface area contributed by atoms with E-state index in [9.17, 15) is 19.7 Å². The van der Waals surface area contributed by atoms with Crippen LogP contribution in [0.4, 0.5) is 11.4 Å². The van der Waals surface area contributed by atoms with Gasteiger partial charge in [0, 0.05) is 18.6 Å². The predicted molar refractivity (Wildman–Crippen MR) is 109 cm³/mol. The number of carbonyl (C=O) groups excluding carboxylic acids is 2. The molecule has 1 spiro atoms. The van der Waals surface area contributed by atoms with E-state index in [1.165, 1.54) is 12.1 Å². The van der Waals surface area contributed by atoms with Crippen molar-refractivity contribution in [2.75, 3.05) is 4.90 Å². The molecule has 30 heavy (non-hydrogen) atoms. The summed E-state index contributed by atoms with van der Waals surface area (Å²) in [5.74, 6) is -0.807. The molecule has 0 saturated carbocycles. The van der Waals surface area contributed by atoms with Crippen LogP contribution in [0.1, 0.15) is 18.4 Å². The summed E-state index contributed by atoms with van der Waals surface area (Å²) in [4.78, 5) is 43.0. The van der Waals surface area contributed by atoms with Crippen LogP contribution < -0.4 is 4.90 Å². The van der Waals surface area contributed by atoms with Crippen LogP contribution in [0, 0.1) is 10.1 Å². The van der Waals surface area contributed by atoms with Gasteiger partial charge in [0.25, 0.3) is 11.6 Å². The number of fused-ring (bicyclic) bond motifs is 1. The molecule has 0 aromatic heterocycles. The van der Waals surface area contributed by atoms with Gasteiger partial charge in [0.2, 0.25) is 11.5 Å². The maximum atomic E-state index is 13.2. The lowest BCUT2D eigenvalue weighted by Crippen LogP contribution is -2.40. The number of nitrogens with zero attached hydrogens (tertiary/aromatic N) is 3. The number of nitro groups is 1. The lowest BCUT2D eigenvalue weighted by atomic mass is 9.92. The zero-order valence-electron chi connectivity index (χ0n) is 15.6. The summed E-state index contributed by atoms with van der Waals surface area (Å²) in [7, 11) is 0. The first kappa shape index (κ1) is 18.0. The summed E-state index contributed by atoms with van der Waals surface area (Å²) in [6, 6.07) is 18.9. The van der Waals surface area contributed by atoms with Crippen LogP contribution in [0.2, 0.25) is 0 Å². The lowest BCUT2D eigenvalue weighted by molar-refractivity contribution is -0.384. The Kier molecular flexibility index (Phi) is 3.89. The number of non-ortho nitro benzene ring substituents is 1. The van der Waals surface area contributed by atoms with Gasteiger partial charge in [-0.25, -0.2) is 4.90 Å². The van der Waals surface area contributed by atoms with E-state index in [0.717, 1.165) is 15.7 Å². The van der Waals surface area contributed by atoms with Crippen LogP contribution in [0.5, 0.6) is 0 Å². The molecular formula is C22H15N3O5. The first-order valence-electron chi connectivity index (χ1n) is 9.33. The molecule has 1 atom stereocenters. The van der Waals surface area contributed by atoms with Gasteiger partial charge in [-0.15, -0.1) is 0 Å². The smallest absolute Gasteiger partial charge is 0.281 e. The third kappa shape index (κ3) is 2.73. The summed E-state index contributed by atoms with van der Waals surface area (Å²) < 4.78 is 0. The highest BCUT2D eigenvalue weighted by molar-refractivity contribution is 6.26. The summed E-state index contributed by atoms with van der Waals surface area (Å²) >= 11 is 0. The number of nitro benzene ring substituents is 1. The molecule has 0 bridgehead atoms. The largest absolute Gasteiger partial charge is 0.378 e. The first-order valence-corrected chi connectivity index (χ1v) is 9.33. The first-order chi connectivity index (χ1) is 14.5. The molecule has 3 aromatic rings. The second kappa shape index (κ2) is 6.48. The second-order valence-electron chi connectivity index (χ2n) is 7.35. The van der Waals surface area contributed by atoms with Crippen molar-refractivity contribution in [2.24, 2.45) is 5.16 Å². The van der Waals surface area contributed by atoms with E-state index in [2.05, 4.69) is 5.16 Å². The molecule has 8 heteroatoms. The maximum Gasteiger partial charge on any atom is 0.281 e. The Morgan fingerprint density at radius 2 is 1.70 bits per heavy atom. The molecule has 1 fully saturated rings. The topological polar surface area (TPSA) is 102 Å². The van der Waals surface area contributed by atoms with Crippen molar-refractivity contribution in [2.45, 2.75) is 18.4 Å². The molecule has 3 aromatic carbocycles. The van der Waals surface area contributed by atoms with E-state index in [-0.39, 0.29) is 24.4 Å². The Labute approximate surface area is 170 Å². The molecule has 1 saturated heterocycles. The summed E-state index contributed by atoms with van der Waals surface area (Å²) in [5.41, 5.74) is 0.170. The molecule has 8 nitrogen and oxygen atoms in total. The molecule has 148 valence electrons. The van der Waals surface area contributed by atoms with Gasteiger partial charge in [-0.1, -0.05) is 35.5 Å². The van der Waals surface area contributed by atoms with E-state index in [1.807, 2.05) is 30.3 Å². The highest BCUT2D eigenvalue weighted by atomic mass is 16.7. The van der Waals surface area contributed by atoms with Crippen molar-refractivity contribution in [3.8, 4) is 0 Å². The zero-order chi connectivity index (χ0) is 20.9. The van der Waals surface area contributed by atoms with Crippen LogP contribution in [-0.2, 0) is 14.4 Å². The quantitative estimate of drug-likeness (QED) is 0.379. The highest BCUT2D eigenvalue weighted by Crippen LogP contribution is 2.40. The number of hydrogen-bond acceptors (Lipinski definition) is 6. The Morgan fingerprint density at radius 1 is 0.967 bits per heavy atom. The van der Waals surface area contributed by atoms with Crippen molar-refractivity contribution >= 4 is 39.7 Å². The zero-order valence-corrected chi connectivity index (χ0v) is 15.6. The van der Waals surface area contributed by atoms with E-state index in [1.54, 1.807) is 24.3 Å². The number of rotatable bonds is 3. The van der Waals surface area contributed by atoms with E-state index >= 15 is 0 Å². The fourth-order valence-electron chi connectivity index (χ4n) is 3.91. The maximum absolute atomic E-state index is 13.2. The number of anilines is 1. The highest BCUT2D eigenvalue weighted by Gasteiger charge is 2.58. The van der Waals surface area contributed by atoms with Crippen molar-refractivity contribution in [3.63, 3.8) is 0 Å². The van der Waals surface area contributed by atoms with Crippen molar-refractivity contribution in [3.05, 3.63) is 82.4 Å². The van der Waals surface area contributed by atoms with Crippen LogP contribution in [0.25, 0.3) is 10.8 Å². The van der Waals surface area contributed by atoms with Gasteiger partial charge in [0.05, 0.1) is 22.7 Å². The fourth-order valence-corrected chi connectivity index (χ4v) is 3.91. The van der Waals surface area contributed by atoms with Crippen LogP contribution >= 0.6 is 0 Å². The lowest BCUT2D eigenvalue weighted by Gasteiger charge is -2.19. The fraction of sp³-hybridized carbons (Fsp3) is 0.136.